The molecule has 1 atom stereocenters. The number of benzene rings is 2. The van der Waals surface area contributed by atoms with Crippen molar-refractivity contribution in [1.29, 1.82) is 0 Å². The van der Waals surface area contributed by atoms with Crippen molar-refractivity contribution in [3.05, 3.63) is 59.7 Å². The lowest BCUT2D eigenvalue weighted by Crippen LogP contribution is -2.30. The van der Waals surface area contributed by atoms with E-state index in [1.807, 2.05) is 0 Å². The van der Waals surface area contributed by atoms with Crippen LogP contribution in [0.1, 0.15) is 22.8 Å². The van der Waals surface area contributed by atoms with Gasteiger partial charge in [-0.05, 0) is 43.3 Å². The van der Waals surface area contributed by atoms with Gasteiger partial charge in [0.2, 0.25) is 0 Å². The predicted molar refractivity (Wildman–Crippen MR) is 94.5 cm³/mol. The molecule has 2 rings (SSSR count). The Labute approximate surface area is 159 Å². The highest BCUT2D eigenvalue weighted by Gasteiger charge is 2.30. The van der Waals surface area contributed by atoms with Crippen LogP contribution < -0.4 is 5.32 Å². The van der Waals surface area contributed by atoms with Gasteiger partial charge in [-0.3, -0.25) is 4.79 Å². The fourth-order valence-electron chi connectivity index (χ4n) is 2.15. The third-order valence-electron chi connectivity index (χ3n) is 3.61. The standard InChI is InChI=1S/C18H16F3NO5S/c1-11(16(23)22-14-7-4-6-13(10-14)18(19,20)21)27-17(24)12-5-3-8-15(9-12)28(2,25)26/h3-11H,1-2H3,(H,22,23). The number of hydrogen-bond donors (Lipinski definition) is 1. The van der Waals surface area contributed by atoms with E-state index in [-0.39, 0.29) is 16.1 Å². The maximum absolute atomic E-state index is 12.7. The average molecular weight is 415 g/mol. The van der Waals surface area contributed by atoms with Gasteiger partial charge in [-0.1, -0.05) is 12.1 Å². The van der Waals surface area contributed by atoms with Crippen molar-refractivity contribution in [3.8, 4) is 0 Å². The number of anilines is 1. The van der Waals surface area contributed by atoms with Crippen molar-refractivity contribution >= 4 is 27.4 Å². The molecule has 0 aliphatic carbocycles. The first-order chi connectivity index (χ1) is 12.9. The van der Waals surface area contributed by atoms with Crippen LogP contribution in [0.2, 0.25) is 0 Å². The largest absolute Gasteiger partial charge is 0.449 e. The molecule has 0 fully saturated rings. The van der Waals surface area contributed by atoms with Crippen molar-refractivity contribution in [1.82, 2.24) is 0 Å². The zero-order chi connectivity index (χ0) is 21.1. The number of alkyl halides is 3. The number of esters is 1. The minimum absolute atomic E-state index is 0.0818. The van der Waals surface area contributed by atoms with Crippen LogP contribution in [0.15, 0.2) is 53.4 Å². The lowest BCUT2D eigenvalue weighted by molar-refractivity contribution is -0.137. The van der Waals surface area contributed by atoms with Crippen molar-refractivity contribution in [2.24, 2.45) is 0 Å². The summed E-state index contributed by atoms with van der Waals surface area (Å²) < 4.78 is 66.2. The average Bonchev–Trinajstić information content (AvgIpc) is 2.60. The van der Waals surface area contributed by atoms with Crippen molar-refractivity contribution in [3.63, 3.8) is 0 Å². The number of amides is 1. The van der Waals surface area contributed by atoms with Gasteiger partial charge < -0.3 is 10.1 Å². The Hall–Kier alpha value is -2.88. The van der Waals surface area contributed by atoms with Gasteiger partial charge in [0.05, 0.1) is 16.0 Å². The molecule has 10 heteroatoms. The van der Waals surface area contributed by atoms with Crippen LogP contribution in [0.3, 0.4) is 0 Å². The maximum Gasteiger partial charge on any atom is 0.416 e. The van der Waals surface area contributed by atoms with E-state index in [2.05, 4.69) is 5.32 Å². The summed E-state index contributed by atoms with van der Waals surface area (Å²) in [6.07, 6.45) is -4.92. The van der Waals surface area contributed by atoms with Crippen molar-refractivity contribution in [2.75, 3.05) is 11.6 Å². The molecule has 0 aliphatic rings. The van der Waals surface area contributed by atoms with E-state index in [1.54, 1.807) is 0 Å². The molecule has 0 saturated carbocycles. The Bertz CT molecular complexity index is 1000. The fourth-order valence-corrected chi connectivity index (χ4v) is 2.82. The first kappa shape index (κ1) is 21.4. The number of sulfone groups is 1. The Morgan fingerprint density at radius 2 is 1.71 bits per heavy atom. The normalized spacial score (nSPS) is 12.9. The zero-order valence-corrected chi connectivity index (χ0v) is 15.6. The summed E-state index contributed by atoms with van der Waals surface area (Å²) in [5.41, 5.74) is -1.13. The second kappa shape index (κ2) is 8.01. The smallest absolute Gasteiger partial charge is 0.416 e. The van der Waals surface area contributed by atoms with Gasteiger partial charge >= 0.3 is 12.1 Å². The van der Waals surface area contributed by atoms with Crippen LogP contribution in [0.5, 0.6) is 0 Å². The van der Waals surface area contributed by atoms with E-state index in [1.165, 1.54) is 31.2 Å². The van der Waals surface area contributed by atoms with Gasteiger partial charge in [-0.2, -0.15) is 13.2 Å². The molecule has 1 amide bonds. The van der Waals surface area contributed by atoms with E-state index < -0.39 is 39.6 Å². The van der Waals surface area contributed by atoms with Crippen LogP contribution in [-0.2, 0) is 25.5 Å². The van der Waals surface area contributed by atoms with E-state index in [0.29, 0.717) is 0 Å². The number of rotatable bonds is 5. The zero-order valence-electron chi connectivity index (χ0n) is 14.8. The van der Waals surface area contributed by atoms with Gasteiger partial charge in [0.15, 0.2) is 15.9 Å². The third kappa shape index (κ3) is 5.56. The Morgan fingerprint density at radius 1 is 1.07 bits per heavy atom. The highest BCUT2D eigenvalue weighted by Crippen LogP contribution is 2.30. The van der Waals surface area contributed by atoms with Gasteiger partial charge in [-0.15, -0.1) is 0 Å². The van der Waals surface area contributed by atoms with Gasteiger partial charge in [0.25, 0.3) is 5.91 Å². The molecule has 28 heavy (non-hydrogen) atoms. The van der Waals surface area contributed by atoms with Crippen LogP contribution in [0.25, 0.3) is 0 Å². The summed E-state index contributed by atoms with van der Waals surface area (Å²) in [7, 11) is -3.54. The highest BCUT2D eigenvalue weighted by atomic mass is 32.2. The summed E-state index contributed by atoms with van der Waals surface area (Å²) in [6.45, 7) is 1.24. The van der Waals surface area contributed by atoms with E-state index in [0.717, 1.165) is 30.5 Å². The molecule has 2 aromatic carbocycles. The molecule has 0 bridgehead atoms. The molecule has 0 heterocycles. The molecule has 150 valence electrons. The predicted octanol–water partition coefficient (Wildman–Crippen LogP) is 3.29. The first-order valence-corrected chi connectivity index (χ1v) is 9.76. The number of hydrogen-bond acceptors (Lipinski definition) is 5. The summed E-state index contributed by atoms with van der Waals surface area (Å²) in [5.74, 6) is -1.79. The molecule has 6 nitrogen and oxygen atoms in total. The lowest BCUT2D eigenvalue weighted by atomic mass is 10.2. The maximum atomic E-state index is 12.7. The highest BCUT2D eigenvalue weighted by molar-refractivity contribution is 7.90. The van der Waals surface area contributed by atoms with Crippen LogP contribution >= 0.6 is 0 Å². The molecule has 1 unspecified atom stereocenters. The van der Waals surface area contributed by atoms with Crippen LogP contribution in [-0.4, -0.2) is 32.7 Å². The number of nitrogens with one attached hydrogen (secondary N) is 1. The van der Waals surface area contributed by atoms with Crippen LogP contribution in [0, 0.1) is 0 Å². The quantitative estimate of drug-likeness (QED) is 0.757. The summed E-state index contributed by atoms with van der Waals surface area (Å²) in [6, 6.07) is 9.07. The molecule has 0 spiro atoms. The number of carbonyl (C=O) groups excluding carboxylic acids is 2. The fraction of sp³-hybridized carbons (Fsp3) is 0.222. The lowest BCUT2D eigenvalue weighted by Gasteiger charge is -2.15. The number of carbonyl (C=O) groups is 2. The topological polar surface area (TPSA) is 89.5 Å². The minimum Gasteiger partial charge on any atom is -0.449 e. The van der Waals surface area contributed by atoms with Gasteiger partial charge in [-0.25, -0.2) is 13.2 Å². The number of halogens is 3. The molecule has 0 saturated heterocycles. The van der Waals surface area contributed by atoms with E-state index in [9.17, 15) is 31.2 Å². The van der Waals surface area contributed by atoms with E-state index in [4.69, 9.17) is 4.74 Å². The van der Waals surface area contributed by atoms with Crippen LogP contribution in [0.4, 0.5) is 18.9 Å². The molecule has 0 radical (unpaired) electrons. The molecular formula is C18H16F3NO5S. The molecule has 0 aliphatic heterocycles. The molecule has 2 aromatic rings. The first-order valence-electron chi connectivity index (χ1n) is 7.87. The van der Waals surface area contributed by atoms with E-state index >= 15 is 0 Å². The summed E-state index contributed by atoms with van der Waals surface area (Å²) >= 11 is 0. The Morgan fingerprint density at radius 3 is 2.32 bits per heavy atom. The number of ether oxygens (including phenoxy) is 1. The minimum atomic E-state index is -4.57. The molecular weight excluding hydrogens is 399 g/mol. The SMILES string of the molecule is CC(OC(=O)c1cccc(S(C)(=O)=O)c1)C(=O)Nc1cccc(C(F)(F)F)c1. The monoisotopic (exact) mass is 415 g/mol. The Balaban J connectivity index is 2.08. The molecule has 1 N–H and O–H groups in total. The Kier molecular flexibility index (Phi) is 6.13. The van der Waals surface area contributed by atoms with Crippen molar-refractivity contribution < 1.29 is 35.9 Å². The van der Waals surface area contributed by atoms with Crippen molar-refractivity contribution in [2.45, 2.75) is 24.1 Å². The second-order valence-corrected chi connectivity index (χ2v) is 7.93. The second-order valence-electron chi connectivity index (χ2n) is 5.92. The molecule has 0 aromatic heterocycles. The summed E-state index contributed by atoms with van der Waals surface area (Å²) in [5, 5.41) is 2.23. The van der Waals surface area contributed by atoms with Gasteiger partial charge in [0.1, 0.15) is 0 Å². The van der Waals surface area contributed by atoms with Gasteiger partial charge in [0, 0.05) is 11.9 Å². The summed E-state index contributed by atoms with van der Waals surface area (Å²) in [4.78, 5) is 24.1. The third-order valence-corrected chi connectivity index (χ3v) is 4.72.